The first kappa shape index (κ1) is 29.9. The van der Waals surface area contributed by atoms with Gasteiger partial charge in [0, 0.05) is 29.0 Å². The number of rotatable bonds is 5. The van der Waals surface area contributed by atoms with Gasteiger partial charge in [-0.25, -0.2) is 14.7 Å². The lowest BCUT2D eigenvalue weighted by atomic mass is 9.67. The van der Waals surface area contributed by atoms with E-state index in [9.17, 15) is 28.0 Å². The Balaban J connectivity index is 0.000000460. The van der Waals surface area contributed by atoms with E-state index in [-0.39, 0.29) is 18.4 Å². The van der Waals surface area contributed by atoms with E-state index in [1.165, 1.54) is 15.7 Å². The van der Waals surface area contributed by atoms with Gasteiger partial charge in [0.1, 0.15) is 6.33 Å². The van der Waals surface area contributed by atoms with Crippen LogP contribution in [0.5, 0.6) is 5.88 Å². The van der Waals surface area contributed by atoms with E-state index in [0.29, 0.717) is 52.9 Å². The number of hydrogen-bond donors (Lipinski definition) is 1. The average molecular weight is 623 g/mol. The number of imide groups is 1. The van der Waals surface area contributed by atoms with Crippen LogP contribution < -0.4 is 9.64 Å². The molecule has 2 aromatic carbocycles. The number of aromatic nitrogens is 4. The number of hydrogen-bond acceptors (Lipinski definition) is 9. The van der Waals surface area contributed by atoms with Crippen LogP contribution in [0.25, 0.3) is 16.6 Å². The molecule has 3 aliphatic heterocycles. The third-order valence-electron chi connectivity index (χ3n) is 8.64. The number of aryl methyl sites for hydroxylation is 1. The number of carboxylic acid groups (broad SMARTS) is 1. The number of ether oxygens (including phenoxy) is 2. The second kappa shape index (κ2) is 10.5. The number of anilines is 1. The van der Waals surface area contributed by atoms with Crippen LogP contribution in [-0.4, -0.2) is 66.5 Å². The second-order valence-electron chi connectivity index (χ2n) is 11.3. The van der Waals surface area contributed by atoms with Crippen LogP contribution in [0, 0.1) is 30.1 Å². The predicted molar refractivity (Wildman–Crippen MR) is 149 cm³/mol. The third kappa shape index (κ3) is 4.81. The quantitative estimate of drug-likeness (QED) is 0.323. The Morgan fingerprint density at radius 3 is 2.53 bits per heavy atom. The molecule has 4 aromatic rings. The SMILES string of the molecule is Cc1cc(OCC[C@@]23CC[C@@](C)(O2)[C@H]2C(=O)N(c4ccc(C#N)c5ccccc45)C(=O)[C@H]23)n2ncnc2n1.O=C(O)C(F)(F)F. The van der Waals surface area contributed by atoms with Gasteiger partial charge in [-0.15, -0.1) is 0 Å². The van der Waals surface area contributed by atoms with Gasteiger partial charge in [0.25, 0.3) is 5.78 Å². The maximum absolute atomic E-state index is 14.0. The highest BCUT2D eigenvalue weighted by atomic mass is 19.4. The predicted octanol–water partition coefficient (Wildman–Crippen LogP) is 3.99. The minimum Gasteiger partial charge on any atom is -0.477 e. The van der Waals surface area contributed by atoms with E-state index in [1.54, 1.807) is 18.2 Å². The summed E-state index contributed by atoms with van der Waals surface area (Å²) in [6.07, 6.45) is -1.85. The molecular weight excluding hydrogens is 597 g/mol. The minimum absolute atomic E-state index is 0.242. The first-order valence-corrected chi connectivity index (χ1v) is 13.9. The van der Waals surface area contributed by atoms with Crippen molar-refractivity contribution in [2.45, 2.75) is 50.5 Å². The average Bonchev–Trinajstić information content (AvgIpc) is 3.72. The van der Waals surface area contributed by atoms with Crippen LogP contribution >= 0.6 is 0 Å². The minimum atomic E-state index is -5.08. The van der Waals surface area contributed by atoms with Gasteiger partial charge in [-0.3, -0.25) is 9.59 Å². The molecule has 0 unspecified atom stereocenters. The van der Waals surface area contributed by atoms with E-state index >= 15 is 0 Å². The zero-order chi connectivity index (χ0) is 32.3. The van der Waals surface area contributed by atoms with Gasteiger partial charge in [-0.05, 0) is 38.8 Å². The molecule has 7 rings (SSSR count). The monoisotopic (exact) mass is 622 g/mol. The van der Waals surface area contributed by atoms with Crippen molar-refractivity contribution in [3.8, 4) is 11.9 Å². The zero-order valence-corrected chi connectivity index (χ0v) is 23.9. The molecule has 2 aromatic heterocycles. The van der Waals surface area contributed by atoms with Crippen LogP contribution in [-0.2, 0) is 19.1 Å². The van der Waals surface area contributed by atoms with Crippen LogP contribution in [0.15, 0.2) is 48.8 Å². The van der Waals surface area contributed by atoms with Crippen LogP contribution in [0.2, 0.25) is 0 Å². The lowest BCUT2D eigenvalue weighted by molar-refractivity contribution is -0.192. The smallest absolute Gasteiger partial charge is 0.477 e. The fourth-order valence-electron chi connectivity index (χ4n) is 6.75. The maximum atomic E-state index is 14.0. The molecule has 1 N–H and O–H groups in total. The van der Waals surface area contributed by atoms with E-state index in [4.69, 9.17) is 19.4 Å². The van der Waals surface area contributed by atoms with Crippen molar-refractivity contribution in [2.24, 2.45) is 11.8 Å². The maximum Gasteiger partial charge on any atom is 0.490 e. The molecule has 15 heteroatoms. The molecule has 3 fully saturated rings. The summed E-state index contributed by atoms with van der Waals surface area (Å²) in [5, 5.41) is 22.3. The summed E-state index contributed by atoms with van der Waals surface area (Å²) in [6, 6.07) is 14.7. The van der Waals surface area contributed by atoms with Crippen molar-refractivity contribution in [1.82, 2.24) is 19.6 Å². The van der Waals surface area contributed by atoms with Gasteiger partial charge in [-0.2, -0.15) is 33.0 Å². The Labute approximate surface area is 253 Å². The standard InChI is InChI=1S/C28H24N6O4.C2HF3O2/c1-16-13-21(34-26(32-16)30-15-31-34)37-12-11-28-10-9-27(2,38-28)22-23(28)25(36)33(24(22)35)20-8-7-17(14-29)18-5-3-4-6-19(18)20;3-2(4,5)1(6)7/h3-8,13,15,22-23H,9-12H2,1-2H3;(H,6,7)/t22-,23+,27-,28-;/m1./s1. The van der Waals surface area contributed by atoms with Gasteiger partial charge < -0.3 is 14.6 Å². The van der Waals surface area contributed by atoms with Gasteiger partial charge in [0.15, 0.2) is 0 Å². The van der Waals surface area contributed by atoms with Crippen molar-refractivity contribution < 1.29 is 42.1 Å². The first-order valence-electron chi connectivity index (χ1n) is 13.9. The number of amides is 2. The van der Waals surface area contributed by atoms with Crippen LogP contribution in [0.3, 0.4) is 0 Å². The van der Waals surface area contributed by atoms with Crippen molar-refractivity contribution in [1.29, 1.82) is 5.26 Å². The van der Waals surface area contributed by atoms with Crippen LogP contribution in [0.1, 0.15) is 37.4 Å². The highest BCUT2D eigenvalue weighted by Crippen LogP contribution is 2.62. The molecular formula is C30H25F3N6O6. The lowest BCUT2D eigenvalue weighted by Gasteiger charge is -2.31. The first-order chi connectivity index (χ1) is 21.3. The summed E-state index contributed by atoms with van der Waals surface area (Å²) in [7, 11) is 0. The van der Waals surface area contributed by atoms with E-state index in [1.807, 2.05) is 38.1 Å². The number of nitrogens with zero attached hydrogens (tertiary/aromatic N) is 6. The molecule has 12 nitrogen and oxygen atoms in total. The number of fused-ring (bicyclic) bond motifs is 7. The summed E-state index contributed by atoms with van der Waals surface area (Å²) in [6.45, 7) is 4.08. The fourth-order valence-corrected chi connectivity index (χ4v) is 6.75. The molecule has 3 saturated heterocycles. The number of halogens is 3. The third-order valence-corrected chi connectivity index (χ3v) is 8.64. The van der Waals surface area contributed by atoms with Crippen molar-refractivity contribution in [2.75, 3.05) is 11.5 Å². The topological polar surface area (TPSA) is 160 Å². The van der Waals surface area contributed by atoms with Gasteiger partial charge in [0.05, 0.1) is 47.0 Å². The second-order valence-corrected chi connectivity index (χ2v) is 11.3. The molecule has 2 bridgehead atoms. The van der Waals surface area contributed by atoms with Crippen molar-refractivity contribution in [3.05, 3.63) is 60.0 Å². The number of nitriles is 1. The molecule has 2 amide bonds. The Hall–Kier alpha value is -5.10. The summed E-state index contributed by atoms with van der Waals surface area (Å²) < 4.78 is 45.9. The number of alkyl halides is 3. The molecule has 0 saturated carbocycles. The number of aliphatic carboxylic acids is 1. The van der Waals surface area contributed by atoms with E-state index in [2.05, 4.69) is 21.1 Å². The summed E-state index contributed by atoms with van der Waals surface area (Å²) in [5.74, 6) is -3.46. The Bertz CT molecular complexity index is 1920. The molecule has 232 valence electrons. The number of carboxylic acids is 1. The fraction of sp³-hybridized carbons (Fsp3) is 0.367. The zero-order valence-electron chi connectivity index (χ0n) is 23.9. The van der Waals surface area contributed by atoms with Crippen molar-refractivity contribution in [3.63, 3.8) is 0 Å². The number of carbonyl (C=O) groups is 3. The molecule has 0 aliphatic carbocycles. The molecule has 3 aliphatic rings. The highest BCUT2D eigenvalue weighted by molar-refractivity contribution is 6.26. The Kier molecular flexibility index (Phi) is 7.00. The Morgan fingerprint density at radius 1 is 1.16 bits per heavy atom. The Morgan fingerprint density at radius 2 is 1.84 bits per heavy atom. The molecule has 0 spiro atoms. The van der Waals surface area contributed by atoms with E-state index < -0.39 is 35.2 Å². The molecule has 5 heterocycles. The summed E-state index contributed by atoms with van der Waals surface area (Å²) in [4.78, 5) is 46.6. The van der Waals surface area contributed by atoms with E-state index in [0.717, 1.165) is 5.69 Å². The normalized spacial score (nSPS) is 25.3. The molecule has 45 heavy (non-hydrogen) atoms. The lowest BCUT2D eigenvalue weighted by Crippen LogP contribution is -2.43. The van der Waals surface area contributed by atoms with Gasteiger partial charge in [0.2, 0.25) is 17.7 Å². The molecule has 0 radical (unpaired) electrons. The number of carbonyl (C=O) groups excluding carboxylic acids is 2. The van der Waals surface area contributed by atoms with Crippen molar-refractivity contribution >= 4 is 40.0 Å². The molecule has 4 atom stereocenters. The van der Waals surface area contributed by atoms with Gasteiger partial charge in [-0.1, -0.05) is 24.3 Å². The number of benzene rings is 2. The highest BCUT2D eigenvalue weighted by Gasteiger charge is 2.74. The van der Waals surface area contributed by atoms with Crippen LogP contribution in [0.4, 0.5) is 18.9 Å². The summed E-state index contributed by atoms with van der Waals surface area (Å²) in [5.41, 5.74) is 0.249. The largest absolute Gasteiger partial charge is 0.490 e. The summed E-state index contributed by atoms with van der Waals surface area (Å²) >= 11 is 0. The van der Waals surface area contributed by atoms with Gasteiger partial charge >= 0.3 is 12.1 Å².